The van der Waals surface area contributed by atoms with E-state index in [2.05, 4.69) is 0 Å². The highest BCUT2D eigenvalue weighted by atomic mass is 16.6. The maximum Gasteiger partial charge on any atom is 0.415 e. The molecule has 1 amide bonds. The summed E-state index contributed by atoms with van der Waals surface area (Å²) in [6.07, 6.45) is -0.349. The van der Waals surface area contributed by atoms with Gasteiger partial charge in [-0.2, -0.15) is 0 Å². The fraction of sp³-hybridized carbons (Fsp3) is 0.533. The summed E-state index contributed by atoms with van der Waals surface area (Å²) in [5.74, 6) is 0. The lowest BCUT2D eigenvalue weighted by Crippen LogP contribution is -2.51. The molecule has 0 saturated carbocycles. The Bertz CT molecular complexity index is 503. The van der Waals surface area contributed by atoms with Gasteiger partial charge in [0.05, 0.1) is 17.3 Å². The predicted molar refractivity (Wildman–Crippen MR) is 76.2 cm³/mol. The number of ether oxygens (including phenoxy) is 1. The van der Waals surface area contributed by atoms with Crippen LogP contribution >= 0.6 is 0 Å². The zero-order valence-electron chi connectivity index (χ0n) is 12.2. The number of hydrogen-bond acceptors (Lipinski definition) is 3. The maximum atomic E-state index is 12.4. The second-order valence-electron chi connectivity index (χ2n) is 6.51. The number of hydrogen-bond donors (Lipinski definition) is 1. The van der Waals surface area contributed by atoms with Crippen LogP contribution in [0.25, 0.3) is 0 Å². The molecule has 2 N–H and O–H groups in total. The van der Waals surface area contributed by atoms with Crippen LogP contribution in [0.4, 0.5) is 10.5 Å². The van der Waals surface area contributed by atoms with Crippen molar-refractivity contribution in [3.63, 3.8) is 0 Å². The zero-order valence-corrected chi connectivity index (χ0v) is 12.2. The van der Waals surface area contributed by atoms with Gasteiger partial charge in [0, 0.05) is 0 Å². The standard InChI is InChI=1S/C15H22N2O2/c1-14(2,3)19-13(18)17-11-9-7-6-8-10(11)12(16)15(17,4)5/h6-9,12H,16H2,1-5H3. The van der Waals surface area contributed by atoms with Crippen molar-refractivity contribution in [3.8, 4) is 0 Å². The molecule has 1 unspecified atom stereocenters. The quantitative estimate of drug-likeness (QED) is 0.781. The van der Waals surface area contributed by atoms with Crippen LogP contribution in [0.1, 0.15) is 46.2 Å². The first-order chi connectivity index (χ1) is 8.64. The number of carbonyl (C=O) groups excluding carboxylic acids is 1. The van der Waals surface area contributed by atoms with Gasteiger partial charge in [0.2, 0.25) is 0 Å². The minimum Gasteiger partial charge on any atom is -0.443 e. The molecular weight excluding hydrogens is 240 g/mol. The number of nitrogens with two attached hydrogens (primary N) is 1. The van der Waals surface area contributed by atoms with E-state index in [0.717, 1.165) is 11.3 Å². The topological polar surface area (TPSA) is 55.6 Å². The highest BCUT2D eigenvalue weighted by Gasteiger charge is 2.47. The second kappa shape index (κ2) is 4.23. The Hall–Kier alpha value is -1.55. The molecule has 4 heteroatoms. The molecule has 0 radical (unpaired) electrons. The fourth-order valence-electron chi connectivity index (χ4n) is 2.43. The summed E-state index contributed by atoms with van der Waals surface area (Å²) in [4.78, 5) is 14.1. The monoisotopic (exact) mass is 262 g/mol. The van der Waals surface area contributed by atoms with Gasteiger partial charge in [-0.1, -0.05) is 18.2 Å². The second-order valence-corrected chi connectivity index (χ2v) is 6.51. The number of fused-ring (bicyclic) bond motifs is 1. The molecule has 1 atom stereocenters. The Balaban J connectivity index is 2.42. The molecule has 19 heavy (non-hydrogen) atoms. The van der Waals surface area contributed by atoms with Crippen LogP contribution in [0.3, 0.4) is 0 Å². The maximum absolute atomic E-state index is 12.4. The van der Waals surface area contributed by atoms with E-state index < -0.39 is 11.1 Å². The molecule has 1 heterocycles. The first-order valence-corrected chi connectivity index (χ1v) is 6.52. The SMILES string of the molecule is CC(C)(C)OC(=O)N1c2ccccc2C(N)C1(C)C. The van der Waals surface area contributed by atoms with Gasteiger partial charge in [0.15, 0.2) is 0 Å². The smallest absolute Gasteiger partial charge is 0.415 e. The van der Waals surface area contributed by atoms with Crippen molar-refractivity contribution in [1.82, 2.24) is 0 Å². The summed E-state index contributed by atoms with van der Waals surface area (Å²) in [6.45, 7) is 9.50. The van der Waals surface area contributed by atoms with E-state index in [-0.39, 0.29) is 12.1 Å². The van der Waals surface area contributed by atoms with E-state index in [4.69, 9.17) is 10.5 Å². The highest BCUT2D eigenvalue weighted by molar-refractivity contribution is 5.93. The highest BCUT2D eigenvalue weighted by Crippen LogP contribution is 2.45. The zero-order chi connectivity index (χ0) is 14.4. The molecule has 1 aliphatic heterocycles. The van der Waals surface area contributed by atoms with Gasteiger partial charge in [0.1, 0.15) is 5.60 Å². The van der Waals surface area contributed by atoms with E-state index in [9.17, 15) is 4.79 Å². The molecule has 4 nitrogen and oxygen atoms in total. The fourth-order valence-corrected chi connectivity index (χ4v) is 2.43. The number of anilines is 1. The van der Waals surface area contributed by atoms with Crippen LogP contribution in [0.15, 0.2) is 24.3 Å². The molecule has 1 aromatic carbocycles. The Labute approximate surface area is 114 Å². The van der Waals surface area contributed by atoms with Gasteiger partial charge in [-0.05, 0) is 46.2 Å². The molecule has 1 aromatic rings. The molecule has 0 spiro atoms. The molecule has 0 saturated heterocycles. The van der Waals surface area contributed by atoms with Gasteiger partial charge in [0.25, 0.3) is 0 Å². The number of carbonyl (C=O) groups is 1. The van der Waals surface area contributed by atoms with E-state index in [1.807, 2.05) is 58.9 Å². The number of benzene rings is 1. The van der Waals surface area contributed by atoms with Crippen LogP contribution in [0, 0.1) is 0 Å². The number of para-hydroxylation sites is 1. The van der Waals surface area contributed by atoms with Crippen molar-refractivity contribution in [3.05, 3.63) is 29.8 Å². The molecule has 2 rings (SSSR count). The third kappa shape index (κ3) is 2.32. The molecular formula is C15H22N2O2. The number of rotatable bonds is 0. The molecule has 0 aliphatic carbocycles. The first kappa shape index (κ1) is 13.9. The first-order valence-electron chi connectivity index (χ1n) is 6.52. The van der Waals surface area contributed by atoms with Crippen LogP contribution in [0.2, 0.25) is 0 Å². The van der Waals surface area contributed by atoms with Crippen LogP contribution < -0.4 is 10.6 Å². The molecule has 0 aromatic heterocycles. The average Bonchev–Trinajstić information content (AvgIpc) is 2.45. The average molecular weight is 262 g/mol. The third-order valence-corrected chi connectivity index (χ3v) is 3.43. The molecule has 1 aliphatic rings. The Morgan fingerprint density at radius 1 is 1.32 bits per heavy atom. The Kier molecular flexibility index (Phi) is 3.09. The van der Waals surface area contributed by atoms with Crippen LogP contribution in [-0.4, -0.2) is 17.2 Å². The number of nitrogens with zero attached hydrogens (tertiary/aromatic N) is 1. The van der Waals surface area contributed by atoms with Gasteiger partial charge in [-0.25, -0.2) is 4.79 Å². The van der Waals surface area contributed by atoms with Crippen molar-refractivity contribution >= 4 is 11.8 Å². The lowest BCUT2D eigenvalue weighted by Gasteiger charge is -2.35. The van der Waals surface area contributed by atoms with Crippen LogP contribution in [-0.2, 0) is 4.74 Å². The molecule has 0 bridgehead atoms. The van der Waals surface area contributed by atoms with E-state index in [1.54, 1.807) is 4.90 Å². The third-order valence-electron chi connectivity index (χ3n) is 3.43. The summed E-state index contributed by atoms with van der Waals surface area (Å²) in [5, 5.41) is 0. The van der Waals surface area contributed by atoms with Crippen molar-refractivity contribution in [2.45, 2.75) is 51.8 Å². The minimum absolute atomic E-state index is 0.212. The normalized spacial score (nSPS) is 21.2. The number of amides is 1. The van der Waals surface area contributed by atoms with E-state index >= 15 is 0 Å². The van der Waals surface area contributed by atoms with Crippen LogP contribution in [0.5, 0.6) is 0 Å². The molecule has 104 valence electrons. The Morgan fingerprint density at radius 3 is 2.47 bits per heavy atom. The lowest BCUT2D eigenvalue weighted by molar-refractivity contribution is 0.0545. The largest absolute Gasteiger partial charge is 0.443 e. The predicted octanol–water partition coefficient (Wildman–Crippen LogP) is 3.22. The van der Waals surface area contributed by atoms with Gasteiger partial charge in [-0.15, -0.1) is 0 Å². The summed E-state index contributed by atoms with van der Waals surface area (Å²) in [5.41, 5.74) is 7.08. The molecule has 0 fully saturated rings. The van der Waals surface area contributed by atoms with E-state index in [0.29, 0.717) is 0 Å². The summed E-state index contributed by atoms with van der Waals surface area (Å²) in [7, 11) is 0. The van der Waals surface area contributed by atoms with Crippen molar-refractivity contribution in [1.29, 1.82) is 0 Å². The Morgan fingerprint density at radius 2 is 1.89 bits per heavy atom. The van der Waals surface area contributed by atoms with Crippen molar-refractivity contribution in [2.24, 2.45) is 5.73 Å². The van der Waals surface area contributed by atoms with Gasteiger partial charge < -0.3 is 10.5 Å². The van der Waals surface area contributed by atoms with Crippen molar-refractivity contribution in [2.75, 3.05) is 4.90 Å². The van der Waals surface area contributed by atoms with Gasteiger partial charge >= 0.3 is 6.09 Å². The summed E-state index contributed by atoms with van der Waals surface area (Å²) in [6, 6.07) is 7.51. The minimum atomic E-state index is -0.519. The summed E-state index contributed by atoms with van der Waals surface area (Å²) < 4.78 is 5.49. The van der Waals surface area contributed by atoms with E-state index in [1.165, 1.54) is 0 Å². The lowest BCUT2D eigenvalue weighted by atomic mass is 9.94. The van der Waals surface area contributed by atoms with Crippen molar-refractivity contribution < 1.29 is 9.53 Å². The summed E-state index contributed by atoms with van der Waals surface area (Å²) >= 11 is 0. The van der Waals surface area contributed by atoms with Gasteiger partial charge in [-0.3, -0.25) is 4.90 Å².